The zero-order chi connectivity index (χ0) is 17.3. The van der Waals surface area contributed by atoms with Crippen molar-refractivity contribution in [2.24, 2.45) is 11.3 Å². The van der Waals surface area contributed by atoms with E-state index in [0.29, 0.717) is 11.8 Å². The van der Waals surface area contributed by atoms with Gasteiger partial charge in [0.05, 0.1) is 13.5 Å². The maximum atomic E-state index is 12.8. The standard InChI is InChI=1S/C21H30N2O2/c1-25-19-6-3-2-5-18(19)13-20(24)23-12-10-21(16-23)9-4-11-22(15-21)14-17-7-8-17/h2-3,5-6,17H,4,7-16H2,1H3. The summed E-state index contributed by atoms with van der Waals surface area (Å²) in [6, 6.07) is 7.87. The average molecular weight is 342 g/mol. The van der Waals surface area contributed by atoms with Crippen molar-refractivity contribution in [2.75, 3.05) is 39.8 Å². The Morgan fingerprint density at radius 1 is 1.20 bits per heavy atom. The van der Waals surface area contributed by atoms with Crippen molar-refractivity contribution >= 4 is 5.91 Å². The number of ether oxygens (including phenoxy) is 1. The molecule has 4 nitrogen and oxygen atoms in total. The molecule has 1 amide bonds. The van der Waals surface area contributed by atoms with Gasteiger partial charge in [-0.1, -0.05) is 18.2 Å². The number of methoxy groups -OCH3 is 1. The molecule has 0 radical (unpaired) electrons. The minimum atomic E-state index is 0.251. The molecule has 1 aliphatic carbocycles. The maximum absolute atomic E-state index is 12.8. The van der Waals surface area contributed by atoms with Crippen LogP contribution >= 0.6 is 0 Å². The van der Waals surface area contributed by atoms with Gasteiger partial charge in [-0.25, -0.2) is 0 Å². The van der Waals surface area contributed by atoms with E-state index in [2.05, 4.69) is 9.80 Å². The van der Waals surface area contributed by atoms with E-state index in [1.165, 1.54) is 51.7 Å². The Bertz CT molecular complexity index is 628. The molecule has 25 heavy (non-hydrogen) atoms. The lowest BCUT2D eigenvalue weighted by Crippen LogP contribution is -2.46. The van der Waals surface area contributed by atoms with Crippen LogP contribution in [0.2, 0.25) is 0 Å². The number of nitrogens with zero attached hydrogens (tertiary/aromatic N) is 2. The Labute approximate surface area is 151 Å². The summed E-state index contributed by atoms with van der Waals surface area (Å²) in [4.78, 5) is 17.6. The lowest BCUT2D eigenvalue weighted by molar-refractivity contribution is -0.130. The zero-order valence-corrected chi connectivity index (χ0v) is 15.4. The van der Waals surface area contributed by atoms with Gasteiger partial charge in [-0.15, -0.1) is 0 Å². The van der Waals surface area contributed by atoms with Crippen molar-refractivity contribution in [3.8, 4) is 5.75 Å². The third-order valence-electron chi connectivity index (χ3n) is 6.28. The van der Waals surface area contributed by atoms with Crippen LogP contribution in [-0.2, 0) is 11.2 Å². The van der Waals surface area contributed by atoms with Crippen LogP contribution in [0.1, 0.15) is 37.7 Å². The summed E-state index contributed by atoms with van der Waals surface area (Å²) in [5, 5.41) is 0. The fourth-order valence-electron chi connectivity index (χ4n) is 4.74. The smallest absolute Gasteiger partial charge is 0.227 e. The molecule has 1 aromatic rings. The van der Waals surface area contributed by atoms with Crippen molar-refractivity contribution in [1.82, 2.24) is 9.80 Å². The summed E-state index contributed by atoms with van der Waals surface area (Å²) in [5.41, 5.74) is 1.35. The first-order valence-corrected chi connectivity index (χ1v) is 9.79. The fourth-order valence-corrected chi connectivity index (χ4v) is 4.74. The Kier molecular flexibility index (Phi) is 4.72. The molecule has 2 saturated heterocycles. The Hall–Kier alpha value is -1.55. The Morgan fingerprint density at radius 3 is 2.84 bits per heavy atom. The molecule has 1 spiro atoms. The van der Waals surface area contributed by atoms with Crippen molar-refractivity contribution in [3.05, 3.63) is 29.8 Å². The number of hydrogen-bond acceptors (Lipinski definition) is 3. The lowest BCUT2D eigenvalue weighted by Gasteiger charge is -2.40. The van der Waals surface area contributed by atoms with E-state index in [1.54, 1.807) is 7.11 Å². The van der Waals surface area contributed by atoms with Crippen LogP contribution in [0, 0.1) is 11.3 Å². The molecule has 4 rings (SSSR count). The van der Waals surface area contributed by atoms with Gasteiger partial charge in [0, 0.05) is 37.2 Å². The number of hydrogen-bond donors (Lipinski definition) is 0. The van der Waals surface area contributed by atoms with Crippen molar-refractivity contribution in [1.29, 1.82) is 0 Å². The van der Waals surface area contributed by atoms with E-state index >= 15 is 0 Å². The van der Waals surface area contributed by atoms with Crippen molar-refractivity contribution in [3.63, 3.8) is 0 Å². The van der Waals surface area contributed by atoms with Crippen LogP contribution in [0.25, 0.3) is 0 Å². The first kappa shape index (κ1) is 16.9. The number of carbonyl (C=O) groups is 1. The minimum Gasteiger partial charge on any atom is -0.496 e. The van der Waals surface area contributed by atoms with Gasteiger partial charge in [-0.2, -0.15) is 0 Å². The van der Waals surface area contributed by atoms with Crippen LogP contribution in [0.15, 0.2) is 24.3 Å². The fraction of sp³-hybridized carbons (Fsp3) is 0.667. The van der Waals surface area contributed by atoms with E-state index in [1.807, 2.05) is 24.3 Å². The van der Waals surface area contributed by atoms with Gasteiger partial charge in [0.15, 0.2) is 0 Å². The highest BCUT2D eigenvalue weighted by Crippen LogP contribution is 2.40. The normalized spacial score (nSPS) is 27.0. The van der Waals surface area contributed by atoms with Gasteiger partial charge in [0.2, 0.25) is 5.91 Å². The Morgan fingerprint density at radius 2 is 2.04 bits per heavy atom. The molecule has 1 atom stereocenters. The number of likely N-dealkylation sites (tertiary alicyclic amines) is 2. The SMILES string of the molecule is COc1ccccc1CC(=O)N1CCC2(CCCN(CC3CC3)C2)C1. The topological polar surface area (TPSA) is 32.8 Å². The predicted octanol–water partition coefficient (Wildman–Crippen LogP) is 2.96. The molecule has 136 valence electrons. The number of benzene rings is 1. The quantitative estimate of drug-likeness (QED) is 0.825. The third-order valence-corrected chi connectivity index (χ3v) is 6.28. The highest BCUT2D eigenvalue weighted by molar-refractivity contribution is 5.79. The van der Waals surface area contributed by atoms with Crippen molar-refractivity contribution < 1.29 is 9.53 Å². The second-order valence-electron chi connectivity index (χ2n) is 8.34. The van der Waals surface area contributed by atoms with Crippen LogP contribution in [0.5, 0.6) is 5.75 Å². The molecule has 1 aromatic carbocycles. The maximum Gasteiger partial charge on any atom is 0.227 e. The molecule has 2 aliphatic heterocycles. The lowest BCUT2D eigenvalue weighted by atomic mass is 9.79. The summed E-state index contributed by atoms with van der Waals surface area (Å²) in [5.74, 6) is 2.03. The molecular weight excluding hydrogens is 312 g/mol. The molecule has 1 saturated carbocycles. The van der Waals surface area contributed by atoms with Crippen molar-refractivity contribution in [2.45, 2.75) is 38.5 Å². The van der Waals surface area contributed by atoms with Gasteiger partial charge in [-0.3, -0.25) is 4.79 Å². The van der Waals surface area contributed by atoms with Gasteiger partial charge in [0.25, 0.3) is 0 Å². The minimum absolute atomic E-state index is 0.251. The predicted molar refractivity (Wildman–Crippen MR) is 98.7 cm³/mol. The van der Waals surface area contributed by atoms with Gasteiger partial charge in [0.1, 0.15) is 5.75 Å². The molecule has 0 aromatic heterocycles. The first-order valence-electron chi connectivity index (χ1n) is 9.79. The Balaban J connectivity index is 1.37. The van der Waals surface area contributed by atoms with E-state index in [-0.39, 0.29) is 5.91 Å². The monoisotopic (exact) mass is 342 g/mol. The summed E-state index contributed by atoms with van der Waals surface area (Å²) >= 11 is 0. The number of carbonyl (C=O) groups excluding carboxylic acids is 1. The molecule has 0 bridgehead atoms. The summed E-state index contributed by atoms with van der Waals surface area (Å²) < 4.78 is 5.40. The molecule has 2 heterocycles. The van der Waals surface area contributed by atoms with Crippen LogP contribution in [0.4, 0.5) is 0 Å². The number of para-hydroxylation sites is 1. The first-order chi connectivity index (χ1) is 12.2. The summed E-state index contributed by atoms with van der Waals surface area (Å²) in [6.07, 6.45) is 7.05. The second kappa shape index (κ2) is 6.99. The van der Waals surface area contributed by atoms with Gasteiger partial charge in [-0.05, 0) is 50.6 Å². The van der Waals surface area contributed by atoms with Crippen LogP contribution in [-0.4, -0.2) is 55.5 Å². The summed E-state index contributed by atoms with van der Waals surface area (Å²) in [6.45, 7) is 5.61. The molecule has 3 aliphatic rings. The van der Waals surface area contributed by atoms with Gasteiger partial charge < -0.3 is 14.5 Å². The number of piperidine rings is 1. The van der Waals surface area contributed by atoms with E-state index in [4.69, 9.17) is 4.74 Å². The third kappa shape index (κ3) is 3.84. The highest BCUT2D eigenvalue weighted by atomic mass is 16.5. The summed E-state index contributed by atoms with van der Waals surface area (Å²) in [7, 11) is 1.67. The molecular formula is C21H30N2O2. The molecule has 0 N–H and O–H groups in total. The van der Waals surface area contributed by atoms with E-state index in [0.717, 1.165) is 30.3 Å². The van der Waals surface area contributed by atoms with E-state index in [9.17, 15) is 4.79 Å². The van der Waals surface area contributed by atoms with Crippen LogP contribution in [0.3, 0.4) is 0 Å². The molecule has 4 heteroatoms. The average Bonchev–Trinajstić information content (AvgIpc) is 3.34. The zero-order valence-electron chi connectivity index (χ0n) is 15.4. The van der Waals surface area contributed by atoms with Crippen LogP contribution < -0.4 is 4.74 Å². The largest absolute Gasteiger partial charge is 0.496 e. The number of amides is 1. The molecule has 3 fully saturated rings. The highest BCUT2D eigenvalue weighted by Gasteiger charge is 2.43. The second-order valence-corrected chi connectivity index (χ2v) is 8.34. The van der Waals surface area contributed by atoms with E-state index < -0.39 is 0 Å². The molecule has 1 unspecified atom stereocenters. The van der Waals surface area contributed by atoms with Gasteiger partial charge >= 0.3 is 0 Å². The number of rotatable bonds is 5.